The van der Waals surface area contributed by atoms with E-state index in [2.05, 4.69) is 20.7 Å². The van der Waals surface area contributed by atoms with Crippen molar-refractivity contribution in [2.75, 3.05) is 5.32 Å². The van der Waals surface area contributed by atoms with E-state index in [9.17, 15) is 4.79 Å². The first-order valence-corrected chi connectivity index (χ1v) is 7.07. The second-order valence-corrected chi connectivity index (χ2v) is 5.09. The van der Waals surface area contributed by atoms with Crippen molar-refractivity contribution in [1.29, 1.82) is 0 Å². The largest absolute Gasteiger partial charge is 0.330 e. The van der Waals surface area contributed by atoms with Crippen molar-refractivity contribution in [3.63, 3.8) is 0 Å². The number of hydrogen-bond acceptors (Lipinski definition) is 3. The van der Waals surface area contributed by atoms with Crippen LogP contribution in [0.5, 0.6) is 0 Å². The van der Waals surface area contributed by atoms with Crippen LogP contribution < -0.4 is 10.6 Å². The Balaban J connectivity index is 2.05. The van der Waals surface area contributed by atoms with Crippen LogP contribution in [-0.4, -0.2) is 20.8 Å². The molecule has 2 amide bonds. The minimum atomic E-state index is -0.282. The van der Waals surface area contributed by atoms with Crippen molar-refractivity contribution >= 4 is 23.3 Å². The van der Waals surface area contributed by atoms with E-state index in [0.717, 1.165) is 12.1 Å². The lowest BCUT2D eigenvalue weighted by Crippen LogP contribution is -2.33. The van der Waals surface area contributed by atoms with E-state index < -0.39 is 0 Å². The van der Waals surface area contributed by atoms with E-state index in [1.54, 1.807) is 29.9 Å². The van der Waals surface area contributed by atoms with E-state index in [0.29, 0.717) is 16.5 Å². The van der Waals surface area contributed by atoms with E-state index in [-0.39, 0.29) is 12.1 Å². The zero-order valence-corrected chi connectivity index (χ0v) is 13.0. The van der Waals surface area contributed by atoms with E-state index in [4.69, 9.17) is 11.6 Å². The van der Waals surface area contributed by atoms with Gasteiger partial charge in [-0.25, -0.2) is 9.78 Å². The normalized spacial score (nSPS) is 12.0. The van der Waals surface area contributed by atoms with Crippen LogP contribution >= 0.6 is 11.6 Å². The fourth-order valence-corrected chi connectivity index (χ4v) is 2.28. The van der Waals surface area contributed by atoms with Crippen molar-refractivity contribution in [2.45, 2.75) is 26.3 Å². The Hall–Kier alpha value is -2.08. The summed E-state index contributed by atoms with van der Waals surface area (Å²) in [5.74, 6) is 0. The Bertz CT molecular complexity index is 640. The molecule has 0 bridgehead atoms. The summed E-state index contributed by atoms with van der Waals surface area (Å²) in [6, 6.07) is 4.88. The molecule has 0 radical (unpaired) electrons. The van der Waals surface area contributed by atoms with Gasteiger partial charge in [0.25, 0.3) is 0 Å². The molecule has 112 valence electrons. The maximum absolute atomic E-state index is 12.1. The zero-order chi connectivity index (χ0) is 15.4. The van der Waals surface area contributed by atoms with Crippen molar-refractivity contribution in [2.24, 2.45) is 7.05 Å². The van der Waals surface area contributed by atoms with Gasteiger partial charge in [0.2, 0.25) is 0 Å². The molecule has 0 saturated heterocycles. The van der Waals surface area contributed by atoms with Crippen molar-refractivity contribution < 1.29 is 4.79 Å². The highest BCUT2D eigenvalue weighted by molar-refractivity contribution is 6.29. The lowest BCUT2D eigenvalue weighted by molar-refractivity contribution is 0.247. The van der Waals surface area contributed by atoms with Crippen molar-refractivity contribution in [3.8, 4) is 0 Å². The number of aromatic nitrogens is 3. The van der Waals surface area contributed by atoms with Crippen LogP contribution in [0.3, 0.4) is 0 Å². The molecule has 2 aromatic rings. The Morgan fingerprint density at radius 1 is 1.43 bits per heavy atom. The monoisotopic (exact) mass is 307 g/mol. The van der Waals surface area contributed by atoms with Crippen LogP contribution in [0, 0.1) is 6.92 Å². The number of hydrogen-bond donors (Lipinski definition) is 2. The molecule has 2 N–H and O–H groups in total. The molecular formula is C14H18ClN5O. The van der Waals surface area contributed by atoms with Gasteiger partial charge in [-0.1, -0.05) is 18.5 Å². The summed E-state index contributed by atoms with van der Waals surface area (Å²) >= 11 is 5.80. The average molecular weight is 308 g/mol. The number of anilines is 1. The number of urea groups is 1. The van der Waals surface area contributed by atoms with E-state index >= 15 is 0 Å². The number of pyridine rings is 1. The molecule has 2 heterocycles. The molecule has 1 unspecified atom stereocenters. The number of aryl methyl sites for hydroxylation is 2. The van der Waals surface area contributed by atoms with Crippen LogP contribution in [0.2, 0.25) is 5.15 Å². The quantitative estimate of drug-likeness (QED) is 0.853. The van der Waals surface area contributed by atoms with Gasteiger partial charge >= 0.3 is 6.03 Å². The number of rotatable bonds is 4. The number of carbonyl (C=O) groups excluding carboxylic acids is 1. The summed E-state index contributed by atoms with van der Waals surface area (Å²) in [5.41, 5.74) is 2.27. The van der Waals surface area contributed by atoms with Crippen molar-refractivity contribution in [1.82, 2.24) is 20.1 Å². The highest BCUT2D eigenvalue weighted by Crippen LogP contribution is 2.18. The Kier molecular flexibility index (Phi) is 4.80. The molecule has 2 rings (SSSR count). The number of nitrogens with one attached hydrogen (secondary N) is 2. The number of amides is 2. The second-order valence-electron chi connectivity index (χ2n) is 4.71. The lowest BCUT2D eigenvalue weighted by atomic mass is 10.1. The van der Waals surface area contributed by atoms with E-state index in [1.807, 2.05) is 20.0 Å². The SMILES string of the molecule is CCC(NC(=O)Nc1ccc(Cl)nc1C)c1ccnn1C. The predicted octanol–water partition coefficient (Wildman–Crippen LogP) is 3.05. The highest BCUT2D eigenvalue weighted by Gasteiger charge is 2.16. The fourth-order valence-electron chi connectivity index (χ4n) is 2.09. The molecule has 7 heteroatoms. The van der Waals surface area contributed by atoms with Crippen LogP contribution in [0.4, 0.5) is 10.5 Å². The molecule has 0 saturated carbocycles. The average Bonchev–Trinajstić information content (AvgIpc) is 2.85. The standard InChI is InChI=1S/C14H18ClN5O/c1-4-10(12-7-8-16-20(12)3)18-14(21)19-11-5-6-13(15)17-9(11)2/h5-8,10H,4H2,1-3H3,(H2,18,19,21). The first kappa shape index (κ1) is 15.3. The molecular weight excluding hydrogens is 290 g/mol. The molecule has 0 aliphatic carbocycles. The third-order valence-corrected chi connectivity index (χ3v) is 3.44. The summed E-state index contributed by atoms with van der Waals surface area (Å²) in [6.45, 7) is 3.80. The summed E-state index contributed by atoms with van der Waals surface area (Å²) in [7, 11) is 1.85. The molecule has 2 aromatic heterocycles. The molecule has 0 fully saturated rings. The predicted molar refractivity (Wildman–Crippen MR) is 82.4 cm³/mol. The van der Waals surface area contributed by atoms with Gasteiger partial charge in [-0.2, -0.15) is 5.10 Å². The van der Waals surface area contributed by atoms with Crippen LogP contribution in [0.15, 0.2) is 24.4 Å². The van der Waals surface area contributed by atoms with Gasteiger partial charge in [0.15, 0.2) is 0 Å². The maximum atomic E-state index is 12.1. The first-order chi connectivity index (χ1) is 10.0. The Morgan fingerprint density at radius 3 is 2.76 bits per heavy atom. The van der Waals surface area contributed by atoms with Crippen LogP contribution in [0.1, 0.15) is 30.8 Å². The molecule has 0 aliphatic rings. The maximum Gasteiger partial charge on any atom is 0.319 e. The van der Waals surface area contributed by atoms with Crippen LogP contribution in [-0.2, 0) is 7.05 Å². The minimum absolute atomic E-state index is 0.0990. The summed E-state index contributed by atoms with van der Waals surface area (Å²) in [6.07, 6.45) is 2.48. The van der Waals surface area contributed by atoms with Crippen molar-refractivity contribution in [3.05, 3.63) is 40.9 Å². The topological polar surface area (TPSA) is 71.8 Å². The van der Waals surface area contributed by atoms with Gasteiger partial charge in [-0.15, -0.1) is 0 Å². The van der Waals surface area contributed by atoms with Gasteiger partial charge in [-0.3, -0.25) is 4.68 Å². The van der Waals surface area contributed by atoms with Gasteiger partial charge in [-0.05, 0) is 31.5 Å². The molecule has 0 spiro atoms. The van der Waals surface area contributed by atoms with Crippen LogP contribution in [0.25, 0.3) is 0 Å². The van der Waals surface area contributed by atoms with Gasteiger partial charge in [0.1, 0.15) is 5.15 Å². The summed E-state index contributed by atoms with van der Waals surface area (Å²) in [5, 5.41) is 10.2. The molecule has 1 atom stereocenters. The molecule has 21 heavy (non-hydrogen) atoms. The zero-order valence-electron chi connectivity index (χ0n) is 12.2. The molecule has 6 nitrogen and oxygen atoms in total. The lowest BCUT2D eigenvalue weighted by Gasteiger charge is -2.18. The van der Waals surface area contributed by atoms with Gasteiger partial charge < -0.3 is 10.6 Å². The fraction of sp³-hybridized carbons (Fsp3) is 0.357. The van der Waals surface area contributed by atoms with Gasteiger partial charge in [0.05, 0.1) is 23.1 Å². The minimum Gasteiger partial charge on any atom is -0.330 e. The molecule has 0 aromatic carbocycles. The summed E-state index contributed by atoms with van der Waals surface area (Å²) in [4.78, 5) is 16.2. The van der Waals surface area contributed by atoms with E-state index in [1.165, 1.54) is 0 Å². The smallest absolute Gasteiger partial charge is 0.319 e. The number of nitrogens with zero attached hydrogens (tertiary/aromatic N) is 3. The number of carbonyl (C=O) groups is 1. The Morgan fingerprint density at radius 2 is 2.19 bits per heavy atom. The third kappa shape index (κ3) is 3.72. The first-order valence-electron chi connectivity index (χ1n) is 6.69. The number of halogens is 1. The Labute approximate surface area is 128 Å². The third-order valence-electron chi connectivity index (χ3n) is 3.23. The molecule has 0 aliphatic heterocycles. The summed E-state index contributed by atoms with van der Waals surface area (Å²) < 4.78 is 1.75. The van der Waals surface area contributed by atoms with Gasteiger partial charge in [0, 0.05) is 13.2 Å². The second kappa shape index (κ2) is 6.58. The highest BCUT2D eigenvalue weighted by atomic mass is 35.5.